The largest absolute Gasteiger partial charge is 0.494 e. The van der Waals surface area contributed by atoms with Crippen LogP contribution in [0.3, 0.4) is 0 Å². The molecule has 1 heterocycles. The quantitative estimate of drug-likeness (QED) is 0.757. The zero-order valence-electron chi connectivity index (χ0n) is 14.0. The molecule has 0 atom stereocenters. The van der Waals surface area contributed by atoms with Crippen molar-refractivity contribution in [1.82, 2.24) is 0 Å². The second-order valence-electron chi connectivity index (χ2n) is 5.12. The molecule has 0 aliphatic carbocycles. The van der Waals surface area contributed by atoms with Gasteiger partial charge in [0.25, 0.3) is 0 Å². The van der Waals surface area contributed by atoms with Gasteiger partial charge < -0.3 is 14.8 Å². The minimum atomic E-state index is -0.469. The average molecular weight is 347 g/mol. The van der Waals surface area contributed by atoms with Crippen molar-refractivity contribution < 1.29 is 19.1 Å². The Bertz CT molecular complexity index is 706. The number of anilines is 1. The first-order chi connectivity index (χ1) is 11.6. The lowest BCUT2D eigenvalue weighted by Crippen LogP contribution is -2.12. The monoisotopic (exact) mass is 347 g/mol. The third-order valence-electron chi connectivity index (χ3n) is 3.39. The Morgan fingerprint density at radius 1 is 1.17 bits per heavy atom. The highest BCUT2D eigenvalue weighted by Crippen LogP contribution is 2.36. The molecule has 0 fully saturated rings. The van der Waals surface area contributed by atoms with Crippen LogP contribution < -0.4 is 10.1 Å². The van der Waals surface area contributed by atoms with Crippen LogP contribution in [0.25, 0.3) is 11.1 Å². The SMILES string of the molecule is CCCOc1ccc(-c2csc(NC(=O)CC)c2C(=O)OC)cc1. The molecule has 0 radical (unpaired) electrons. The summed E-state index contributed by atoms with van der Waals surface area (Å²) in [5.41, 5.74) is 1.99. The summed E-state index contributed by atoms with van der Waals surface area (Å²) in [7, 11) is 1.33. The number of ether oxygens (including phenoxy) is 2. The smallest absolute Gasteiger partial charge is 0.341 e. The van der Waals surface area contributed by atoms with Crippen molar-refractivity contribution in [3.05, 3.63) is 35.2 Å². The van der Waals surface area contributed by atoms with E-state index in [-0.39, 0.29) is 5.91 Å². The van der Waals surface area contributed by atoms with Gasteiger partial charge in [-0.25, -0.2) is 4.79 Å². The molecule has 2 aromatic rings. The van der Waals surface area contributed by atoms with Crippen LogP contribution in [-0.2, 0) is 9.53 Å². The first-order valence-electron chi connectivity index (χ1n) is 7.83. The Balaban J connectivity index is 2.35. The molecule has 0 bridgehead atoms. The number of carbonyl (C=O) groups excluding carboxylic acids is 2. The van der Waals surface area contributed by atoms with E-state index in [1.165, 1.54) is 18.4 Å². The number of methoxy groups -OCH3 is 1. The summed E-state index contributed by atoms with van der Waals surface area (Å²) in [6, 6.07) is 7.53. The van der Waals surface area contributed by atoms with Gasteiger partial charge in [-0.15, -0.1) is 11.3 Å². The molecule has 24 heavy (non-hydrogen) atoms. The molecule has 5 nitrogen and oxygen atoms in total. The molecule has 0 aliphatic rings. The maximum absolute atomic E-state index is 12.2. The molecule has 1 amide bonds. The van der Waals surface area contributed by atoms with Gasteiger partial charge in [0.1, 0.15) is 16.3 Å². The summed E-state index contributed by atoms with van der Waals surface area (Å²) in [5.74, 6) is 0.177. The van der Waals surface area contributed by atoms with Crippen LogP contribution in [0.5, 0.6) is 5.75 Å². The predicted molar refractivity (Wildman–Crippen MR) is 95.8 cm³/mol. The van der Waals surface area contributed by atoms with E-state index in [1.807, 2.05) is 29.6 Å². The van der Waals surface area contributed by atoms with Crippen LogP contribution in [0, 0.1) is 0 Å². The highest BCUT2D eigenvalue weighted by Gasteiger charge is 2.22. The van der Waals surface area contributed by atoms with Gasteiger partial charge in [0.15, 0.2) is 0 Å². The Kier molecular flexibility index (Phi) is 6.37. The molecular weight excluding hydrogens is 326 g/mol. The van der Waals surface area contributed by atoms with Gasteiger partial charge in [0.2, 0.25) is 5.91 Å². The second kappa shape index (κ2) is 8.49. The molecule has 1 aromatic carbocycles. The zero-order chi connectivity index (χ0) is 17.5. The third kappa shape index (κ3) is 4.14. The van der Waals surface area contributed by atoms with Crippen molar-refractivity contribution >= 4 is 28.2 Å². The molecule has 0 spiro atoms. The van der Waals surface area contributed by atoms with Crippen molar-refractivity contribution in [2.75, 3.05) is 19.0 Å². The van der Waals surface area contributed by atoms with Crippen LogP contribution in [0.4, 0.5) is 5.00 Å². The minimum absolute atomic E-state index is 0.142. The van der Waals surface area contributed by atoms with Crippen molar-refractivity contribution in [2.24, 2.45) is 0 Å². The molecule has 128 valence electrons. The molecule has 0 aliphatic heterocycles. The summed E-state index contributed by atoms with van der Waals surface area (Å²) in [6.07, 6.45) is 1.29. The normalized spacial score (nSPS) is 10.3. The Labute approximate surface area is 145 Å². The van der Waals surface area contributed by atoms with Crippen molar-refractivity contribution in [3.8, 4) is 16.9 Å². The van der Waals surface area contributed by atoms with E-state index in [4.69, 9.17) is 9.47 Å². The second-order valence-corrected chi connectivity index (χ2v) is 6.00. The average Bonchev–Trinajstić information content (AvgIpc) is 3.03. The fraction of sp³-hybridized carbons (Fsp3) is 0.333. The highest BCUT2D eigenvalue weighted by atomic mass is 32.1. The molecule has 0 saturated heterocycles. The Hall–Kier alpha value is -2.34. The summed E-state index contributed by atoms with van der Waals surface area (Å²) >= 11 is 1.31. The van der Waals surface area contributed by atoms with Gasteiger partial charge in [-0.3, -0.25) is 4.79 Å². The molecule has 1 aromatic heterocycles. The van der Waals surface area contributed by atoms with Crippen molar-refractivity contribution in [3.63, 3.8) is 0 Å². The summed E-state index contributed by atoms with van der Waals surface area (Å²) in [5, 5.41) is 5.11. The summed E-state index contributed by atoms with van der Waals surface area (Å²) < 4.78 is 10.5. The van der Waals surface area contributed by atoms with Crippen molar-refractivity contribution in [2.45, 2.75) is 26.7 Å². The Morgan fingerprint density at radius 3 is 2.46 bits per heavy atom. The first-order valence-corrected chi connectivity index (χ1v) is 8.71. The summed E-state index contributed by atoms with van der Waals surface area (Å²) in [4.78, 5) is 23.8. The fourth-order valence-corrected chi connectivity index (χ4v) is 3.11. The molecule has 1 N–H and O–H groups in total. The first kappa shape index (κ1) is 18.0. The van der Waals surface area contributed by atoms with Gasteiger partial charge in [0.05, 0.1) is 13.7 Å². The van der Waals surface area contributed by atoms with E-state index in [9.17, 15) is 9.59 Å². The minimum Gasteiger partial charge on any atom is -0.494 e. The number of carbonyl (C=O) groups is 2. The maximum Gasteiger partial charge on any atom is 0.341 e. The predicted octanol–water partition coefficient (Wildman–Crippen LogP) is 4.34. The lowest BCUT2D eigenvalue weighted by molar-refractivity contribution is -0.115. The lowest BCUT2D eigenvalue weighted by atomic mass is 10.0. The molecule has 0 unspecified atom stereocenters. The van der Waals surface area contributed by atoms with E-state index in [0.717, 1.165) is 23.3 Å². The number of benzene rings is 1. The highest BCUT2D eigenvalue weighted by molar-refractivity contribution is 7.15. The van der Waals surface area contributed by atoms with E-state index in [1.54, 1.807) is 6.92 Å². The zero-order valence-corrected chi connectivity index (χ0v) is 14.9. The number of esters is 1. The van der Waals surface area contributed by atoms with Gasteiger partial charge >= 0.3 is 5.97 Å². The van der Waals surface area contributed by atoms with Crippen molar-refractivity contribution in [1.29, 1.82) is 0 Å². The van der Waals surface area contributed by atoms with E-state index in [0.29, 0.717) is 23.6 Å². The van der Waals surface area contributed by atoms with E-state index in [2.05, 4.69) is 12.2 Å². The van der Waals surface area contributed by atoms with E-state index >= 15 is 0 Å². The van der Waals surface area contributed by atoms with Gasteiger partial charge in [-0.1, -0.05) is 26.0 Å². The standard InChI is InChI=1S/C18H21NO4S/c1-4-10-23-13-8-6-12(7-9-13)14-11-24-17(19-15(20)5-2)16(14)18(21)22-3/h6-9,11H,4-5,10H2,1-3H3,(H,19,20). The van der Waals surface area contributed by atoms with Gasteiger partial charge in [-0.2, -0.15) is 0 Å². The molecule has 2 rings (SSSR count). The summed E-state index contributed by atoms with van der Waals surface area (Å²) in [6.45, 7) is 4.48. The number of nitrogens with one attached hydrogen (secondary N) is 1. The van der Waals surface area contributed by atoms with E-state index < -0.39 is 5.97 Å². The molecular formula is C18H21NO4S. The molecule has 6 heteroatoms. The Morgan fingerprint density at radius 2 is 1.88 bits per heavy atom. The van der Waals surface area contributed by atoms with Crippen LogP contribution in [0.15, 0.2) is 29.6 Å². The van der Waals surface area contributed by atoms with Crippen LogP contribution >= 0.6 is 11.3 Å². The maximum atomic E-state index is 12.2. The van der Waals surface area contributed by atoms with Crippen LogP contribution in [0.2, 0.25) is 0 Å². The number of hydrogen-bond donors (Lipinski definition) is 1. The number of thiophene rings is 1. The van der Waals surface area contributed by atoms with Crippen LogP contribution in [-0.4, -0.2) is 25.6 Å². The van der Waals surface area contributed by atoms with Gasteiger partial charge in [0, 0.05) is 17.4 Å². The number of rotatable bonds is 7. The fourth-order valence-electron chi connectivity index (χ4n) is 2.13. The number of hydrogen-bond acceptors (Lipinski definition) is 5. The molecule has 0 saturated carbocycles. The lowest BCUT2D eigenvalue weighted by Gasteiger charge is -2.08. The van der Waals surface area contributed by atoms with Crippen LogP contribution in [0.1, 0.15) is 37.0 Å². The third-order valence-corrected chi connectivity index (χ3v) is 4.29. The topological polar surface area (TPSA) is 64.6 Å². The van der Waals surface area contributed by atoms with Gasteiger partial charge in [-0.05, 0) is 24.1 Å². The number of amides is 1.